The lowest BCUT2D eigenvalue weighted by molar-refractivity contribution is 0.133. The van der Waals surface area contributed by atoms with E-state index in [9.17, 15) is 0 Å². The molecule has 1 saturated carbocycles. The minimum atomic E-state index is 0.871. The van der Waals surface area contributed by atoms with Gasteiger partial charge in [-0.25, -0.2) is 0 Å². The van der Waals surface area contributed by atoms with E-state index in [0.717, 1.165) is 24.2 Å². The molecular formula is C11H21N3S. The Balaban J connectivity index is 1.78. The van der Waals surface area contributed by atoms with E-state index >= 15 is 0 Å². The van der Waals surface area contributed by atoms with Crippen molar-refractivity contribution >= 4 is 17.3 Å². The molecule has 0 aromatic carbocycles. The highest BCUT2D eigenvalue weighted by Gasteiger charge is 2.26. The van der Waals surface area contributed by atoms with Crippen LogP contribution in [0.25, 0.3) is 0 Å². The van der Waals surface area contributed by atoms with Crippen LogP contribution in [-0.4, -0.2) is 54.2 Å². The summed E-state index contributed by atoms with van der Waals surface area (Å²) in [5, 5.41) is 3.96. The van der Waals surface area contributed by atoms with Crippen LogP contribution in [0.1, 0.15) is 25.7 Å². The molecule has 0 atom stereocenters. The lowest BCUT2D eigenvalue weighted by Gasteiger charge is -2.38. The van der Waals surface area contributed by atoms with Gasteiger partial charge in [0.1, 0.15) is 0 Å². The Morgan fingerprint density at radius 2 is 1.73 bits per heavy atom. The van der Waals surface area contributed by atoms with Gasteiger partial charge in [-0.15, -0.1) is 0 Å². The number of piperazine rings is 1. The van der Waals surface area contributed by atoms with Gasteiger partial charge in [0.15, 0.2) is 5.11 Å². The fourth-order valence-electron chi connectivity index (χ4n) is 2.72. The van der Waals surface area contributed by atoms with Crippen molar-refractivity contribution in [2.45, 2.75) is 31.7 Å². The SMILES string of the molecule is CNC(=S)N1CCN(C2CCCC2)CC1. The summed E-state index contributed by atoms with van der Waals surface area (Å²) in [4.78, 5) is 4.93. The van der Waals surface area contributed by atoms with E-state index in [0.29, 0.717) is 0 Å². The molecule has 1 N–H and O–H groups in total. The Morgan fingerprint density at radius 3 is 2.27 bits per heavy atom. The number of nitrogens with zero attached hydrogens (tertiary/aromatic N) is 2. The van der Waals surface area contributed by atoms with Gasteiger partial charge >= 0.3 is 0 Å². The largest absolute Gasteiger partial charge is 0.366 e. The first-order chi connectivity index (χ1) is 7.31. The number of hydrogen-bond donors (Lipinski definition) is 1. The first-order valence-corrected chi connectivity index (χ1v) is 6.43. The lowest BCUT2D eigenvalue weighted by atomic mass is 10.2. The average Bonchev–Trinajstić information content (AvgIpc) is 2.82. The summed E-state index contributed by atoms with van der Waals surface area (Å²) < 4.78 is 0. The van der Waals surface area contributed by atoms with Gasteiger partial charge in [0.2, 0.25) is 0 Å². The molecule has 1 aliphatic carbocycles. The molecule has 2 fully saturated rings. The van der Waals surface area contributed by atoms with Crippen LogP contribution in [-0.2, 0) is 0 Å². The normalized spacial score (nSPS) is 24.5. The molecule has 0 aromatic rings. The zero-order valence-electron chi connectivity index (χ0n) is 9.54. The monoisotopic (exact) mass is 227 g/mol. The fraction of sp³-hybridized carbons (Fsp3) is 0.909. The highest BCUT2D eigenvalue weighted by atomic mass is 32.1. The van der Waals surface area contributed by atoms with Gasteiger partial charge in [-0.1, -0.05) is 12.8 Å². The molecule has 0 unspecified atom stereocenters. The van der Waals surface area contributed by atoms with Crippen molar-refractivity contribution in [1.82, 2.24) is 15.1 Å². The molecule has 0 radical (unpaired) electrons. The summed E-state index contributed by atoms with van der Waals surface area (Å²) in [7, 11) is 1.91. The first-order valence-electron chi connectivity index (χ1n) is 6.02. The van der Waals surface area contributed by atoms with Gasteiger partial charge in [0.25, 0.3) is 0 Å². The van der Waals surface area contributed by atoms with Crippen LogP contribution in [0.4, 0.5) is 0 Å². The second-order valence-electron chi connectivity index (χ2n) is 4.52. The highest BCUT2D eigenvalue weighted by molar-refractivity contribution is 7.80. The summed E-state index contributed by atoms with van der Waals surface area (Å²) in [6.07, 6.45) is 5.69. The van der Waals surface area contributed by atoms with E-state index < -0.39 is 0 Å². The molecule has 2 rings (SSSR count). The third-order valence-corrected chi connectivity index (χ3v) is 4.12. The average molecular weight is 227 g/mol. The number of rotatable bonds is 1. The molecule has 0 bridgehead atoms. The zero-order chi connectivity index (χ0) is 10.7. The molecule has 0 spiro atoms. The third-order valence-electron chi connectivity index (χ3n) is 3.66. The predicted octanol–water partition coefficient (Wildman–Crippen LogP) is 1.05. The summed E-state index contributed by atoms with van der Waals surface area (Å²) >= 11 is 5.24. The van der Waals surface area contributed by atoms with Crippen LogP contribution in [0.15, 0.2) is 0 Å². The predicted molar refractivity (Wildman–Crippen MR) is 67.1 cm³/mol. The van der Waals surface area contributed by atoms with E-state index in [-0.39, 0.29) is 0 Å². The maximum Gasteiger partial charge on any atom is 0.168 e. The molecular weight excluding hydrogens is 206 g/mol. The molecule has 0 amide bonds. The maximum atomic E-state index is 5.24. The quantitative estimate of drug-likeness (QED) is 0.675. The van der Waals surface area contributed by atoms with Crippen LogP contribution in [0, 0.1) is 0 Å². The summed E-state index contributed by atoms with van der Waals surface area (Å²) in [5.74, 6) is 0. The molecule has 4 heteroatoms. The third kappa shape index (κ3) is 2.61. The van der Waals surface area contributed by atoms with Crippen molar-refractivity contribution in [2.75, 3.05) is 33.2 Å². The van der Waals surface area contributed by atoms with Crippen molar-refractivity contribution in [3.63, 3.8) is 0 Å². The minimum Gasteiger partial charge on any atom is -0.366 e. The molecule has 15 heavy (non-hydrogen) atoms. The van der Waals surface area contributed by atoms with Gasteiger partial charge < -0.3 is 10.2 Å². The van der Waals surface area contributed by atoms with Gasteiger partial charge in [-0.3, -0.25) is 4.90 Å². The van der Waals surface area contributed by atoms with Crippen molar-refractivity contribution < 1.29 is 0 Å². The standard InChI is InChI=1S/C11H21N3S/c1-12-11(15)14-8-6-13(7-9-14)10-4-2-3-5-10/h10H,2-9H2,1H3,(H,12,15). The van der Waals surface area contributed by atoms with E-state index in [2.05, 4.69) is 15.1 Å². The Labute approximate surface area is 97.8 Å². The molecule has 86 valence electrons. The van der Waals surface area contributed by atoms with Crippen molar-refractivity contribution in [3.05, 3.63) is 0 Å². The molecule has 1 heterocycles. The number of nitrogens with one attached hydrogen (secondary N) is 1. The summed E-state index contributed by atoms with van der Waals surface area (Å²) in [5.41, 5.74) is 0. The van der Waals surface area contributed by atoms with E-state index in [1.54, 1.807) is 0 Å². The highest BCUT2D eigenvalue weighted by Crippen LogP contribution is 2.24. The maximum absolute atomic E-state index is 5.24. The van der Waals surface area contributed by atoms with Crippen LogP contribution >= 0.6 is 12.2 Å². The number of hydrogen-bond acceptors (Lipinski definition) is 2. The van der Waals surface area contributed by atoms with Crippen molar-refractivity contribution in [2.24, 2.45) is 0 Å². The van der Waals surface area contributed by atoms with Gasteiger partial charge in [0, 0.05) is 39.3 Å². The minimum absolute atomic E-state index is 0.871. The van der Waals surface area contributed by atoms with Crippen LogP contribution in [0.2, 0.25) is 0 Å². The smallest absolute Gasteiger partial charge is 0.168 e. The summed E-state index contributed by atoms with van der Waals surface area (Å²) in [6, 6.07) is 0.871. The molecule has 3 nitrogen and oxygen atoms in total. The molecule has 1 saturated heterocycles. The van der Waals surface area contributed by atoms with Crippen LogP contribution in [0.5, 0.6) is 0 Å². The first kappa shape index (κ1) is 11.1. The summed E-state index contributed by atoms with van der Waals surface area (Å²) in [6.45, 7) is 4.56. The Kier molecular flexibility index (Phi) is 3.81. The Bertz CT molecular complexity index is 218. The molecule has 0 aromatic heterocycles. The van der Waals surface area contributed by atoms with Gasteiger partial charge in [-0.2, -0.15) is 0 Å². The Morgan fingerprint density at radius 1 is 1.13 bits per heavy atom. The zero-order valence-corrected chi connectivity index (χ0v) is 10.4. The van der Waals surface area contributed by atoms with Gasteiger partial charge in [0.05, 0.1) is 0 Å². The van der Waals surface area contributed by atoms with Gasteiger partial charge in [-0.05, 0) is 25.1 Å². The Hall–Kier alpha value is -0.350. The van der Waals surface area contributed by atoms with E-state index in [1.807, 2.05) is 7.05 Å². The van der Waals surface area contributed by atoms with E-state index in [4.69, 9.17) is 12.2 Å². The van der Waals surface area contributed by atoms with E-state index in [1.165, 1.54) is 38.8 Å². The van der Waals surface area contributed by atoms with Crippen molar-refractivity contribution in [3.8, 4) is 0 Å². The molecule has 1 aliphatic heterocycles. The topological polar surface area (TPSA) is 18.5 Å². The van der Waals surface area contributed by atoms with Crippen LogP contribution < -0.4 is 5.32 Å². The fourth-order valence-corrected chi connectivity index (χ4v) is 2.90. The molecule has 2 aliphatic rings. The second kappa shape index (κ2) is 5.12. The second-order valence-corrected chi connectivity index (χ2v) is 4.90. The van der Waals surface area contributed by atoms with Crippen LogP contribution in [0.3, 0.4) is 0 Å². The number of thiocarbonyl (C=S) groups is 1. The van der Waals surface area contributed by atoms with Crippen molar-refractivity contribution in [1.29, 1.82) is 0 Å². The lowest BCUT2D eigenvalue weighted by Crippen LogP contribution is -2.53.